The van der Waals surface area contributed by atoms with Crippen molar-refractivity contribution < 1.29 is 77.6 Å². The lowest BCUT2D eigenvalue weighted by Crippen LogP contribution is -2.61. The zero-order valence-electron chi connectivity index (χ0n) is 48.0. The first kappa shape index (κ1) is 71.4. The third-order valence-electron chi connectivity index (χ3n) is 12.8. The van der Waals surface area contributed by atoms with Gasteiger partial charge in [-0.05, 0) is 93.0 Å². The van der Waals surface area contributed by atoms with Crippen LogP contribution in [-0.2, 0) is 62.3 Å². The molecule has 27 nitrogen and oxygen atoms in total. The summed E-state index contributed by atoms with van der Waals surface area (Å²) in [7, 11) is 0. The average Bonchev–Trinajstić information content (AvgIpc) is 3.84. The van der Waals surface area contributed by atoms with E-state index in [1.165, 1.54) is 16.7 Å². The molecule has 1 heterocycles. The molecule has 454 valence electrons. The van der Waals surface area contributed by atoms with E-state index < -0.39 is 163 Å². The molecule has 28 heteroatoms. The van der Waals surface area contributed by atoms with Crippen molar-refractivity contribution in [3.8, 4) is 0 Å². The van der Waals surface area contributed by atoms with Crippen molar-refractivity contribution in [1.82, 2.24) is 47.4 Å². The minimum atomic E-state index is -1.94. The molecule has 10 amide bonds. The van der Waals surface area contributed by atoms with Crippen molar-refractivity contribution in [2.75, 3.05) is 18.6 Å². The van der Waals surface area contributed by atoms with Gasteiger partial charge in [-0.15, -0.1) is 0 Å². The van der Waals surface area contributed by atoms with Crippen molar-refractivity contribution in [3.63, 3.8) is 0 Å². The molecule has 1 saturated heterocycles. The highest BCUT2D eigenvalue weighted by atomic mass is 32.2. The van der Waals surface area contributed by atoms with Crippen molar-refractivity contribution >= 4 is 88.7 Å². The quantitative estimate of drug-likeness (QED) is 0.0358. The summed E-state index contributed by atoms with van der Waals surface area (Å²) in [6, 6.07) is -14.0. The second-order valence-electron chi connectivity index (χ2n) is 22.3. The smallest absolute Gasteiger partial charge is 0.326 e. The van der Waals surface area contributed by atoms with Gasteiger partial charge in [0, 0.05) is 13.0 Å². The van der Waals surface area contributed by atoms with E-state index in [1.54, 1.807) is 75.5 Å². The minimum Gasteiger partial charge on any atom is -0.481 e. The number of amides is 10. The van der Waals surface area contributed by atoms with Crippen molar-refractivity contribution in [2.45, 2.75) is 200 Å². The molecular formula is C52H89N11O16S. The van der Waals surface area contributed by atoms with Crippen LogP contribution in [0.3, 0.4) is 0 Å². The molecule has 80 heavy (non-hydrogen) atoms. The molecule has 0 aromatic carbocycles. The Hall–Kier alpha value is -6.58. The molecule has 1 fully saturated rings. The zero-order valence-corrected chi connectivity index (χ0v) is 48.8. The van der Waals surface area contributed by atoms with Gasteiger partial charge in [0.25, 0.3) is 0 Å². The molecule has 15 N–H and O–H groups in total. The van der Waals surface area contributed by atoms with Crippen LogP contribution < -0.4 is 54.0 Å². The summed E-state index contributed by atoms with van der Waals surface area (Å²) in [6.45, 7) is 17.6. The number of nitrogens with one attached hydrogen (secondary N) is 8. The van der Waals surface area contributed by atoms with Crippen LogP contribution in [0.15, 0.2) is 0 Å². The Bertz CT molecular complexity index is 2180. The average molecular weight is 1160 g/mol. The van der Waals surface area contributed by atoms with E-state index >= 15 is 0 Å². The van der Waals surface area contributed by atoms with Crippen LogP contribution in [0.25, 0.3) is 0 Å². The number of rotatable bonds is 37. The summed E-state index contributed by atoms with van der Waals surface area (Å²) in [5, 5.41) is 48.7. The Labute approximate surface area is 472 Å². The molecule has 1 rings (SSSR count). The van der Waals surface area contributed by atoms with Crippen LogP contribution in [0.1, 0.15) is 140 Å². The third-order valence-corrected chi connectivity index (χ3v) is 13.4. The van der Waals surface area contributed by atoms with Crippen LogP contribution >= 0.6 is 11.8 Å². The number of carbonyl (C=O) groups is 13. The molecular weight excluding hydrogens is 1070 g/mol. The van der Waals surface area contributed by atoms with E-state index in [9.17, 15) is 77.6 Å². The maximum atomic E-state index is 14.2. The van der Waals surface area contributed by atoms with E-state index in [0.717, 1.165) is 0 Å². The fraction of sp³-hybridized carbons (Fsp3) is 0.750. The Morgan fingerprint density at radius 3 is 1.23 bits per heavy atom. The first-order valence-electron chi connectivity index (χ1n) is 27.1. The van der Waals surface area contributed by atoms with Gasteiger partial charge in [0.05, 0.1) is 18.9 Å². The number of nitrogens with zero attached hydrogens (tertiary/aromatic N) is 1. The van der Waals surface area contributed by atoms with Crippen LogP contribution in [0.2, 0.25) is 0 Å². The SMILES string of the molecule is CSCC[C@H](NC(=O)[C@H](CCC(=O)O)NC(=O)[C@H](CC(C)C)NC(=O)[C@H](CC(C)C)NC(=O)[C@H](CC(C)C)NC(=O)[C@H](CC(=O)O)NC(=O)[C@H](CC(N)=O)NC(=O)[C@H](CC(C)C)NC(=O)[C@@H]1CCCN1C(=O)[C@@H](N)C(C)C)C(=O)O. The molecule has 1 aliphatic heterocycles. The van der Waals surface area contributed by atoms with E-state index in [4.69, 9.17) is 11.5 Å². The number of aliphatic carboxylic acids is 3. The van der Waals surface area contributed by atoms with Gasteiger partial charge < -0.3 is 74.2 Å². The molecule has 0 bridgehead atoms. The lowest BCUT2D eigenvalue weighted by Gasteiger charge is -2.30. The predicted octanol–water partition coefficient (Wildman–Crippen LogP) is -0.924. The van der Waals surface area contributed by atoms with Gasteiger partial charge in [-0.2, -0.15) is 11.8 Å². The highest BCUT2D eigenvalue weighted by molar-refractivity contribution is 7.98. The molecule has 0 unspecified atom stereocenters. The van der Waals surface area contributed by atoms with Gasteiger partial charge in [0.1, 0.15) is 54.4 Å². The molecule has 10 atom stereocenters. The van der Waals surface area contributed by atoms with Gasteiger partial charge in [0.15, 0.2) is 0 Å². The van der Waals surface area contributed by atoms with E-state index in [1.807, 2.05) is 0 Å². The number of likely N-dealkylation sites (tertiary alicyclic amines) is 1. The zero-order chi connectivity index (χ0) is 61.3. The Morgan fingerprint density at radius 2 is 0.863 bits per heavy atom. The predicted molar refractivity (Wildman–Crippen MR) is 294 cm³/mol. The number of hydrogen-bond donors (Lipinski definition) is 13. The number of carboxylic acids is 3. The first-order chi connectivity index (χ1) is 37.2. The van der Waals surface area contributed by atoms with E-state index in [-0.39, 0.29) is 74.7 Å². The highest BCUT2D eigenvalue weighted by Crippen LogP contribution is 2.21. The molecule has 1 aliphatic rings. The maximum absolute atomic E-state index is 14.2. The molecule has 0 aromatic heterocycles. The fourth-order valence-corrected chi connectivity index (χ4v) is 9.06. The summed E-state index contributed by atoms with van der Waals surface area (Å²) in [5.74, 6) is -14.4. The van der Waals surface area contributed by atoms with Crippen LogP contribution in [0, 0.1) is 29.6 Å². The van der Waals surface area contributed by atoms with Gasteiger partial charge in [-0.3, -0.25) is 57.5 Å². The van der Waals surface area contributed by atoms with Gasteiger partial charge in [-0.25, -0.2) is 4.79 Å². The minimum absolute atomic E-state index is 0.0163. The van der Waals surface area contributed by atoms with Crippen molar-refractivity contribution in [2.24, 2.45) is 41.1 Å². The second kappa shape index (κ2) is 35.2. The van der Waals surface area contributed by atoms with Crippen LogP contribution in [0.4, 0.5) is 0 Å². The maximum Gasteiger partial charge on any atom is 0.326 e. The van der Waals surface area contributed by atoms with Gasteiger partial charge >= 0.3 is 17.9 Å². The Morgan fingerprint density at radius 1 is 0.500 bits per heavy atom. The number of carbonyl (C=O) groups excluding carboxylic acids is 10. The Balaban J connectivity index is 3.49. The third kappa shape index (κ3) is 26.1. The lowest BCUT2D eigenvalue weighted by molar-refractivity contribution is -0.143. The second-order valence-corrected chi connectivity index (χ2v) is 23.3. The number of primary amides is 1. The Kier molecular flexibility index (Phi) is 31.4. The number of nitrogens with two attached hydrogens (primary N) is 2. The first-order valence-corrected chi connectivity index (χ1v) is 28.5. The normalized spacial score (nSPS) is 16.7. The summed E-state index contributed by atoms with van der Waals surface area (Å²) in [5.41, 5.74) is 11.6. The largest absolute Gasteiger partial charge is 0.481 e. The summed E-state index contributed by atoms with van der Waals surface area (Å²) in [6.07, 6.45) is -0.488. The molecule has 0 aromatic rings. The van der Waals surface area contributed by atoms with Crippen LogP contribution in [0.5, 0.6) is 0 Å². The monoisotopic (exact) mass is 1160 g/mol. The molecule has 0 saturated carbocycles. The lowest BCUT2D eigenvalue weighted by atomic mass is 9.98. The molecule has 0 spiro atoms. The summed E-state index contributed by atoms with van der Waals surface area (Å²) >= 11 is 1.33. The number of thioether (sulfide) groups is 1. The number of hydrogen-bond acceptors (Lipinski definition) is 15. The summed E-state index contributed by atoms with van der Waals surface area (Å²) < 4.78 is 0. The standard InChI is InChI=1S/C52H89N11O16S/c1-25(2)19-32(44(70)55-30(14-15-40(65)66)43(69)56-31(52(78)79)16-18-80-11)57-45(71)33(20-26(3)4)58-46(72)34(21-27(5)6)59-49(75)37(24-41(67)68)61-48(74)36(23-39(53)64)60-47(73)35(22-28(7)8)62-50(76)38-13-12-17-63(38)51(77)42(54)29(9)10/h25-38,42H,12-24,54H2,1-11H3,(H2,53,64)(H,55,70)(H,56,69)(H,57,71)(H,58,72)(H,59,75)(H,60,73)(H,61,74)(H,62,76)(H,65,66)(H,67,68)(H,78,79)/t30-,31-,32-,33-,34-,35-,36-,37-,38-,42-/m0/s1. The van der Waals surface area contributed by atoms with Crippen molar-refractivity contribution in [3.05, 3.63) is 0 Å². The van der Waals surface area contributed by atoms with Gasteiger partial charge in [-0.1, -0.05) is 69.2 Å². The molecule has 0 radical (unpaired) electrons. The van der Waals surface area contributed by atoms with Crippen molar-refractivity contribution in [1.29, 1.82) is 0 Å². The highest BCUT2D eigenvalue weighted by Gasteiger charge is 2.40. The van der Waals surface area contributed by atoms with Crippen LogP contribution in [-0.4, -0.2) is 176 Å². The van der Waals surface area contributed by atoms with E-state index in [0.29, 0.717) is 12.2 Å². The fourth-order valence-electron chi connectivity index (χ4n) is 8.59. The molecule has 0 aliphatic carbocycles. The van der Waals surface area contributed by atoms with Gasteiger partial charge in [0.2, 0.25) is 59.1 Å². The van der Waals surface area contributed by atoms with E-state index in [2.05, 4.69) is 42.5 Å². The number of carboxylic acid groups (broad SMARTS) is 3. The summed E-state index contributed by atoms with van der Waals surface area (Å²) in [4.78, 5) is 174. The topological polar surface area (TPSA) is 434 Å².